The summed E-state index contributed by atoms with van der Waals surface area (Å²) in [6, 6.07) is 11.4. The Morgan fingerprint density at radius 1 is 1.12 bits per heavy atom. The summed E-state index contributed by atoms with van der Waals surface area (Å²) in [5.41, 5.74) is 1.20. The fourth-order valence-corrected chi connectivity index (χ4v) is 4.77. The average Bonchev–Trinajstić information content (AvgIpc) is 3.42. The summed E-state index contributed by atoms with van der Waals surface area (Å²) >= 11 is 6.19. The summed E-state index contributed by atoms with van der Waals surface area (Å²) in [5, 5.41) is 11.6. The van der Waals surface area contributed by atoms with Crippen LogP contribution >= 0.6 is 11.6 Å². The van der Waals surface area contributed by atoms with E-state index in [1.807, 2.05) is 19.1 Å². The first-order valence-electron chi connectivity index (χ1n) is 10.8. The number of nitrogens with zero attached hydrogens (tertiary/aromatic N) is 1. The summed E-state index contributed by atoms with van der Waals surface area (Å²) < 4.78 is 10.8. The lowest BCUT2D eigenvalue weighted by atomic mass is 9.94. The maximum atomic E-state index is 13.2. The third-order valence-electron chi connectivity index (χ3n) is 6.13. The molecule has 4 rings (SSSR count). The first kappa shape index (κ1) is 22.2. The van der Waals surface area contributed by atoms with E-state index in [0.29, 0.717) is 28.7 Å². The normalized spacial score (nSPS) is 20.7. The molecule has 7 heteroatoms. The second kappa shape index (κ2) is 9.25. The third kappa shape index (κ3) is 3.95. The second-order valence-electron chi connectivity index (χ2n) is 8.00. The summed E-state index contributed by atoms with van der Waals surface area (Å²) in [6.45, 7) is 2.24. The van der Waals surface area contributed by atoms with Crippen LogP contribution in [0.1, 0.15) is 49.8 Å². The Hall–Kier alpha value is -2.99. The molecule has 1 aliphatic heterocycles. The van der Waals surface area contributed by atoms with Crippen molar-refractivity contribution in [3.63, 3.8) is 0 Å². The highest BCUT2D eigenvalue weighted by atomic mass is 35.5. The predicted molar refractivity (Wildman–Crippen MR) is 122 cm³/mol. The van der Waals surface area contributed by atoms with Crippen molar-refractivity contribution in [2.45, 2.75) is 44.7 Å². The minimum atomic E-state index is -0.678. The van der Waals surface area contributed by atoms with Crippen LogP contribution in [-0.4, -0.2) is 41.5 Å². The van der Waals surface area contributed by atoms with Gasteiger partial charge in [0.1, 0.15) is 17.3 Å². The van der Waals surface area contributed by atoms with E-state index in [1.165, 1.54) is 0 Å². The number of aliphatic hydroxyl groups is 1. The van der Waals surface area contributed by atoms with Crippen molar-refractivity contribution < 1.29 is 24.2 Å². The lowest BCUT2D eigenvalue weighted by Crippen LogP contribution is -2.37. The van der Waals surface area contributed by atoms with Crippen LogP contribution in [-0.2, 0) is 9.59 Å². The Labute approximate surface area is 192 Å². The van der Waals surface area contributed by atoms with Gasteiger partial charge in [-0.2, -0.15) is 0 Å². The average molecular weight is 456 g/mol. The third-order valence-corrected chi connectivity index (χ3v) is 6.45. The topological polar surface area (TPSA) is 76.1 Å². The monoisotopic (exact) mass is 455 g/mol. The largest absolute Gasteiger partial charge is 0.507 e. The molecular formula is C25H26ClNO5. The number of rotatable bonds is 6. The van der Waals surface area contributed by atoms with Crippen molar-refractivity contribution in [2.24, 2.45) is 0 Å². The van der Waals surface area contributed by atoms with E-state index < -0.39 is 17.7 Å². The van der Waals surface area contributed by atoms with Crippen LogP contribution in [0.5, 0.6) is 11.5 Å². The van der Waals surface area contributed by atoms with Gasteiger partial charge in [0.15, 0.2) is 0 Å². The molecule has 0 radical (unpaired) electrons. The van der Waals surface area contributed by atoms with E-state index >= 15 is 0 Å². The molecule has 0 aromatic heterocycles. The fourth-order valence-electron chi connectivity index (χ4n) is 4.59. The standard InChI is InChI=1S/C25H26ClNO5/c1-3-32-20-14-16(10-13-19(20)26)23(28)21-22(15-8-11-18(31-2)12-9-15)27(25(30)24(21)29)17-6-4-5-7-17/h8-14,17,22,28H,3-7H2,1-2H3/b23-21-. The van der Waals surface area contributed by atoms with Gasteiger partial charge in [-0.15, -0.1) is 0 Å². The number of halogens is 1. The van der Waals surface area contributed by atoms with Gasteiger partial charge in [-0.05, 0) is 55.7 Å². The zero-order chi connectivity index (χ0) is 22.8. The number of ether oxygens (including phenoxy) is 2. The molecule has 1 amide bonds. The van der Waals surface area contributed by atoms with E-state index in [4.69, 9.17) is 21.1 Å². The van der Waals surface area contributed by atoms with Gasteiger partial charge in [0, 0.05) is 11.6 Å². The summed E-state index contributed by atoms with van der Waals surface area (Å²) in [5.74, 6) is -0.404. The number of methoxy groups -OCH3 is 1. The number of ketones is 1. The molecule has 1 saturated heterocycles. The molecule has 2 aromatic carbocycles. The molecule has 1 atom stereocenters. The van der Waals surface area contributed by atoms with Crippen LogP contribution < -0.4 is 9.47 Å². The Bertz CT molecular complexity index is 1060. The van der Waals surface area contributed by atoms with Crippen molar-refractivity contribution in [1.29, 1.82) is 0 Å². The number of hydrogen-bond donors (Lipinski definition) is 1. The smallest absolute Gasteiger partial charge is 0.295 e. The molecule has 1 heterocycles. The van der Waals surface area contributed by atoms with Crippen molar-refractivity contribution in [3.8, 4) is 11.5 Å². The molecule has 1 N–H and O–H groups in total. The van der Waals surface area contributed by atoms with Crippen LogP contribution in [0.25, 0.3) is 5.76 Å². The van der Waals surface area contributed by atoms with E-state index in [9.17, 15) is 14.7 Å². The zero-order valence-corrected chi connectivity index (χ0v) is 18.9. The summed E-state index contributed by atoms with van der Waals surface area (Å²) in [7, 11) is 1.58. The summed E-state index contributed by atoms with van der Waals surface area (Å²) in [6.07, 6.45) is 3.71. The highest BCUT2D eigenvalue weighted by molar-refractivity contribution is 6.46. The van der Waals surface area contributed by atoms with Crippen molar-refractivity contribution in [1.82, 2.24) is 4.90 Å². The first-order valence-corrected chi connectivity index (χ1v) is 11.2. The molecule has 2 aliphatic rings. The lowest BCUT2D eigenvalue weighted by Gasteiger charge is -2.30. The van der Waals surface area contributed by atoms with Gasteiger partial charge in [0.2, 0.25) is 0 Å². The van der Waals surface area contributed by atoms with Gasteiger partial charge in [-0.1, -0.05) is 36.6 Å². The zero-order valence-electron chi connectivity index (χ0n) is 18.1. The van der Waals surface area contributed by atoms with E-state index in [2.05, 4.69) is 0 Å². The fraction of sp³-hybridized carbons (Fsp3) is 0.360. The molecule has 1 saturated carbocycles. The van der Waals surface area contributed by atoms with Gasteiger partial charge in [0.25, 0.3) is 11.7 Å². The van der Waals surface area contributed by atoms with Crippen molar-refractivity contribution in [3.05, 3.63) is 64.2 Å². The van der Waals surface area contributed by atoms with Crippen molar-refractivity contribution >= 4 is 29.1 Å². The van der Waals surface area contributed by atoms with Crippen LogP contribution in [0.15, 0.2) is 48.0 Å². The molecule has 2 fully saturated rings. The molecule has 32 heavy (non-hydrogen) atoms. The van der Waals surface area contributed by atoms with Gasteiger partial charge < -0.3 is 19.5 Å². The number of carbonyl (C=O) groups is 2. The number of carbonyl (C=O) groups excluding carboxylic acids is 2. The molecular weight excluding hydrogens is 430 g/mol. The highest BCUT2D eigenvalue weighted by Gasteiger charge is 2.49. The number of amides is 1. The van der Waals surface area contributed by atoms with Crippen LogP contribution in [0.2, 0.25) is 5.02 Å². The van der Waals surface area contributed by atoms with Gasteiger partial charge in [0.05, 0.1) is 30.4 Å². The van der Waals surface area contributed by atoms with E-state index in [-0.39, 0.29) is 17.4 Å². The SMILES string of the molecule is CCOc1cc(/C(O)=C2/C(=O)C(=O)N(C3CCCC3)C2c2ccc(OC)cc2)ccc1Cl. The van der Waals surface area contributed by atoms with Crippen LogP contribution in [0.4, 0.5) is 0 Å². The number of benzene rings is 2. The Balaban J connectivity index is 1.86. The number of aliphatic hydroxyl groups excluding tert-OH is 1. The maximum Gasteiger partial charge on any atom is 0.295 e. The van der Waals surface area contributed by atoms with Crippen LogP contribution in [0, 0.1) is 0 Å². The molecule has 1 unspecified atom stereocenters. The van der Waals surface area contributed by atoms with Gasteiger partial charge in [-0.3, -0.25) is 9.59 Å². The number of Topliss-reactive ketones (excluding diaryl/α,β-unsaturated/α-hetero) is 1. The molecule has 2 aromatic rings. The molecule has 1 aliphatic carbocycles. The minimum absolute atomic E-state index is 0.0342. The lowest BCUT2D eigenvalue weighted by molar-refractivity contribution is -0.141. The Kier molecular flexibility index (Phi) is 6.42. The number of hydrogen-bond acceptors (Lipinski definition) is 5. The van der Waals surface area contributed by atoms with E-state index in [0.717, 1.165) is 31.2 Å². The quantitative estimate of drug-likeness (QED) is 0.372. The predicted octanol–water partition coefficient (Wildman–Crippen LogP) is 5.11. The Morgan fingerprint density at radius 3 is 2.44 bits per heavy atom. The first-order chi connectivity index (χ1) is 15.5. The number of likely N-dealkylation sites (tertiary alicyclic amines) is 1. The summed E-state index contributed by atoms with van der Waals surface area (Å²) in [4.78, 5) is 28.0. The van der Waals surface area contributed by atoms with Crippen LogP contribution in [0.3, 0.4) is 0 Å². The van der Waals surface area contributed by atoms with E-state index in [1.54, 1.807) is 42.3 Å². The van der Waals surface area contributed by atoms with Crippen molar-refractivity contribution in [2.75, 3.05) is 13.7 Å². The maximum absolute atomic E-state index is 13.2. The van der Waals surface area contributed by atoms with Gasteiger partial charge >= 0.3 is 0 Å². The van der Waals surface area contributed by atoms with Gasteiger partial charge in [-0.25, -0.2) is 0 Å². The Morgan fingerprint density at radius 2 is 1.81 bits per heavy atom. The minimum Gasteiger partial charge on any atom is -0.507 e. The second-order valence-corrected chi connectivity index (χ2v) is 8.40. The molecule has 168 valence electrons. The molecule has 0 spiro atoms. The highest BCUT2D eigenvalue weighted by Crippen LogP contribution is 2.44. The molecule has 6 nitrogen and oxygen atoms in total. The molecule has 0 bridgehead atoms.